The minimum absolute atomic E-state index is 0.891. The van der Waals surface area contributed by atoms with Crippen LogP contribution in [0.5, 0.6) is 0 Å². The molecule has 0 rings (SSSR count). The van der Waals surface area contributed by atoms with Crippen molar-refractivity contribution in [2.45, 2.75) is 104 Å². The van der Waals surface area contributed by atoms with Crippen LogP contribution in [-0.2, 0) is 9.30 Å². The quantitative estimate of drug-likeness (QED) is 0.171. The minimum Gasteiger partial charge on any atom is -0.502 e. The first-order valence-electron chi connectivity index (χ1n) is 9.92. The van der Waals surface area contributed by atoms with Gasteiger partial charge in [0, 0.05) is 0 Å². The van der Waals surface area contributed by atoms with Gasteiger partial charge in [-0.25, -0.2) is 4.57 Å². The summed E-state index contributed by atoms with van der Waals surface area (Å²) in [6, 6.07) is 0. The summed E-state index contributed by atoms with van der Waals surface area (Å²) >= 11 is 0. The number of hydrogen-bond donors (Lipinski definition) is 3. The van der Waals surface area contributed by atoms with Crippen LogP contribution in [0.3, 0.4) is 0 Å². The van der Waals surface area contributed by atoms with Crippen molar-refractivity contribution in [3.8, 4) is 0 Å². The highest BCUT2D eigenvalue weighted by atomic mass is 31.2. The van der Waals surface area contributed by atoms with Gasteiger partial charge in [-0.05, 0) is 13.3 Å². The molecule has 0 heterocycles. The maximum Gasteiger partial charge on any atom is 0.466 e. The lowest BCUT2D eigenvalue weighted by Crippen LogP contribution is -1.88. The predicted molar refractivity (Wildman–Crippen MR) is 105 cm³/mol. The van der Waals surface area contributed by atoms with E-state index in [1.165, 1.54) is 89.9 Å². The molecule has 0 spiro atoms. The lowest BCUT2D eigenvalue weighted by Gasteiger charge is -2.03. The van der Waals surface area contributed by atoms with Crippen molar-refractivity contribution in [3.05, 3.63) is 12.3 Å². The second kappa shape index (κ2) is 21.7. The summed E-state index contributed by atoms with van der Waals surface area (Å²) in [5.74, 6) is 0. The molecule has 0 aromatic heterocycles. The van der Waals surface area contributed by atoms with Crippen molar-refractivity contribution in [1.29, 1.82) is 0 Å². The van der Waals surface area contributed by atoms with Gasteiger partial charge in [0.2, 0.25) is 0 Å². The molecule has 0 aromatic rings. The molecule has 0 saturated heterocycles. The van der Waals surface area contributed by atoms with Crippen LogP contribution in [0.4, 0.5) is 0 Å². The number of unbranched alkanes of at least 4 members (excludes halogenated alkanes) is 13. The highest BCUT2D eigenvalue weighted by Crippen LogP contribution is 2.25. The molecule has 152 valence electrons. The first-order valence-corrected chi connectivity index (χ1v) is 11.5. The maximum atomic E-state index is 8.88. The Morgan fingerprint density at radius 3 is 1.36 bits per heavy atom. The second-order valence-electron chi connectivity index (χ2n) is 6.45. The minimum atomic E-state index is -4.64. The third-order valence-electron chi connectivity index (χ3n) is 3.85. The van der Waals surface area contributed by atoms with Gasteiger partial charge in [-0.3, -0.25) is 0 Å². The van der Waals surface area contributed by atoms with Crippen molar-refractivity contribution >= 4 is 7.82 Å². The standard InChI is InChI=1S/C19H38O.H3O4P/c1-3-5-6-7-8-9-10-11-12-13-14-15-16-17-19-20-18-4-2;1-5(2,3)4/h4,18H,3,5-17,19H2,1-2H3;(H3,1,2,3,4). The van der Waals surface area contributed by atoms with E-state index in [1.807, 2.05) is 13.0 Å². The van der Waals surface area contributed by atoms with Gasteiger partial charge >= 0.3 is 7.82 Å². The lowest BCUT2D eigenvalue weighted by molar-refractivity contribution is 0.240. The second-order valence-corrected chi connectivity index (χ2v) is 7.48. The zero-order valence-electron chi connectivity index (χ0n) is 16.4. The summed E-state index contributed by atoms with van der Waals surface area (Å²) in [7, 11) is -4.64. The van der Waals surface area contributed by atoms with Gasteiger partial charge in [0.25, 0.3) is 0 Å². The highest BCUT2D eigenvalue weighted by molar-refractivity contribution is 7.45. The van der Waals surface area contributed by atoms with E-state index in [1.54, 1.807) is 6.26 Å². The van der Waals surface area contributed by atoms with Crippen LogP contribution >= 0.6 is 7.82 Å². The first kappa shape index (κ1) is 26.9. The molecule has 0 aliphatic heterocycles. The summed E-state index contributed by atoms with van der Waals surface area (Å²) in [5, 5.41) is 0. The predicted octanol–water partition coefficient (Wildman–Crippen LogP) is 6.09. The monoisotopic (exact) mass is 380 g/mol. The van der Waals surface area contributed by atoms with E-state index in [4.69, 9.17) is 24.0 Å². The van der Waals surface area contributed by atoms with E-state index in [2.05, 4.69) is 6.92 Å². The van der Waals surface area contributed by atoms with Crippen molar-refractivity contribution < 1.29 is 24.0 Å². The van der Waals surface area contributed by atoms with Crippen LogP contribution in [0.2, 0.25) is 0 Å². The summed E-state index contributed by atoms with van der Waals surface area (Å²) in [6.07, 6.45) is 23.5. The Morgan fingerprint density at radius 1 is 0.720 bits per heavy atom. The summed E-state index contributed by atoms with van der Waals surface area (Å²) in [5.41, 5.74) is 0. The van der Waals surface area contributed by atoms with Crippen LogP contribution in [0, 0.1) is 0 Å². The molecular weight excluding hydrogens is 339 g/mol. The molecule has 0 aromatic carbocycles. The Labute approximate surface area is 155 Å². The molecule has 0 aliphatic carbocycles. The summed E-state index contributed by atoms with van der Waals surface area (Å²) < 4.78 is 14.2. The van der Waals surface area contributed by atoms with E-state index in [9.17, 15) is 0 Å². The summed E-state index contributed by atoms with van der Waals surface area (Å²) in [4.78, 5) is 21.6. The Morgan fingerprint density at radius 2 is 1.04 bits per heavy atom. The molecule has 0 amide bonds. The molecule has 5 nitrogen and oxygen atoms in total. The number of ether oxygens (including phenoxy) is 1. The first-order chi connectivity index (χ1) is 11.9. The van der Waals surface area contributed by atoms with Crippen molar-refractivity contribution in [2.75, 3.05) is 6.61 Å². The molecule has 0 saturated carbocycles. The molecule has 0 fully saturated rings. The summed E-state index contributed by atoms with van der Waals surface area (Å²) in [6.45, 7) is 5.17. The largest absolute Gasteiger partial charge is 0.502 e. The van der Waals surface area contributed by atoms with E-state index < -0.39 is 7.82 Å². The number of allylic oxidation sites excluding steroid dienone is 1. The molecule has 0 bridgehead atoms. The fourth-order valence-corrected chi connectivity index (χ4v) is 2.54. The average Bonchev–Trinajstić information content (AvgIpc) is 2.53. The molecule has 3 N–H and O–H groups in total. The van der Waals surface area contributed by atoms with Crippen LogP contribution in [0.25, 0.3) is 0 Å². The van der Waals surface area contributed by atoms with Crippen molar-refractivity contribution in [2.24, 2.45) is 0 Å². The van der Waals surface area contributed by atoms with E-state index in [0.717, 1.165) is 6.61 Å². The Bertz CT molecular complexity index is 307. The fourth-order valence-electron chi connectivity index (χ4n) is 2.54. The van der Waals surface area contributed by atoms with Gasteiger partial charge in [0.1, 0.15) is 0 Å². The van der Waals surface area contributed by atoms with E-state index >= 15 is 0 Å². The molecule has 0 aliphatic rings. The maximum absolute atomic E-state index is 8.88. The average molecular weight is 381 g/mol. The van der Waals surface area contributed by atoms with Crippen molar-refractivity contribution in [1.82, 2.24) is 0 Å². The van der Waals surface area contributed by atoms with Gasteiger partial charge in [-0.2, -0.15) is 0 Å². The zero-order valence-corrected chi connectivity index (χ0v) is 17.3. The zero-order chi connectivity index (χ0) is 19.2. The fraction of sp³-hybridized carbons (Fsp3) is 0.895. The molecule has 0 unspecified atom stereocenters. The molecule has 0 atom stereocenters. The van der Waals surface area contributed by atoms with Gasteiger partial charge < -0.3 is 19.4 Å². The number of phosphoric acid groups is 1. The smallest absolute Gasteiger partial charge is 0.466 e. The normalized spacial score (nSPS) is 11.4. The van der Waals surface area contributed by atoms with Crippen LogP contribution in [0.15, 0.2) is 12.3 Å². The van der Waals surface area contributed by atoms with Gasteiger partial charge in [0.15, 0.2) is 0 Å². The van der Waals surface area contributed by atoms with E-state index in [0.29, 0.717) is 0 Å². The Hall–Kier alpha value is -0.350. The van der Waals surface area contributed by atoms with Crippen LogP contribution in [-0.4, -0.2) is 21.3 Å². The van der Waals surface area contributed by atoms with Gasteiger partial charge in [-0.1, -0.05) is 96.5 Å². The highest BCUT2D eigenvalue weighted by Gasteiger charge is 2.00. The van der Waals surface area contributed by atoms with Crippen LogP contribution < -0.4 is 0 Å². The van der Waals surface area contributed by atoms with Gasteiger partial charge in [-0.15, -0.1) is 0 Å². The molecular formula is C19H41O5P. The van der Waals surface area contributed by atoms with Gasteiger partial charge in [0.05, 0.1) is 12.9 Å². The third-order valence-corrected chi connectivity index (χ3v) is 3.85. The van der Waals surface area contributed by atoms with E-state index in [-0.39, 0.29) is 0 Å². The number of hydrogen-bond acceptors (Lipinski definition) is 2. The Balaban J connectivity index is 0. The lowest BCUT2D eigenvalue weighted by atomic mass is 10.0. The molecule has 25 heavy (non-hydrogen) atoms. The SMILES string of the molecule is CC=COCCCCCCCCCCCCCCCC.O=P(O)(O)O. The number of rotatable bonds is 16. The molecule has 0 radical (unpaired) electrons. The Kier molecular flexibility index (Phi) is 23.3. The molecule has 6 heteroatoms. The topological polar surface area (TPSA) is 87.0 Å². The third kappa shape index (κ3) is 40.0. The van der Waals surface area contributed by atoms with Crippen LogP contribution in [0.1, 0.15) is 104 Å². The van der Waals surface area contributed by atoms with Crippen molar-refractivity contribution in [3.63, 3.8) is 0 Å².